The van der Waals surface area contributed by atoms with Crippen LogP contribution in [0.15, 0.2) is 18.2 Å². The van der Waals surface area contributed by atoms with Crippen LogP contribution in [0.3, 0.4) is 0 Å². The van der Waals surface area contributed by atoms with Crippen molar-refractivity contribution in [2.24, 2.45) is 0 Å². The molecule has 5 nitrogen and oxygen atoms in total. The maximum atomic E-state index is 12.3. The highest BCUT2D eigenvalue weighted by atomic mass is 35.5. The normalized spacial score (nSPS) is 27.0. The van der Waals surface area contributed by atoms with Gasteiger partial charge in [0.1, 0.15) is 0 Å². The lowest BCUT2D eigenvalue weighted by atomic mass is 9.87. The number of halogens is 1. The zero-order valence-electron chi connectivity index (χ0n) is 13.2. The number of benzene rings is 1. The van der Waals surface area contributed by atoms with E-state index < -0.39 is 6.04 Å². The third-order valence-corrected chi connectivity index (χ3v) is 4.92. The fraction of sp³-hybridized carbons (Fsp3) is 0.529. The highest BCUT2D eigenvalue weighted by molar-refractivity contribution is 6.31. The molecule has 1 aromatic rings. The van der Waals surface area contributed by atoms with Crippen LogP contribution in [-0.4, -0.2) is 29.9 Å². The van der Waals surface area contributed by atoms with E-state index in [1.54, 1.807) is 12.1 Å². The number of anilines is 1. The molecular formula is C17H22ClN3O2. The number of rotatable bonds is 3. The van der Waals surface area contributed by atoms with Gasteiger partial charge in [-0.15, -0.1) is 0 Å². The number of nitrogens with one attached hydrogen (secondary N) is 3. The number of carbonyl (C=O) groups is 2. The van der Waals surface area contributed by atoms with Gasteiger partial charge >= 0.3 is 0 Å². The molecule has 1 aliphatic carbocycles. The first-order chi connectivity index (χ1) is 11.0. The maximum absolute atomic E-state index is 12.3. The average molecular weight is 336 g/mol. The summed E-state index contributed by atoms with van der Waals surface area (Å²) >= 11 is 5.96. The van der Waals surface area contributed by atoms with Crippen molar-refractivity contribution < 1.29 is 9.59 Å². The van der Waals surface area contributed by atoms with Crippen molar-refractivity contribution in [3.8, 4) is 0 Å². The Labute approximate surface area is 141 Å². The molecule has 2 fully saturated rings. The summed E-state index contributed by atoms with van der Waals surface area (Å²) in [6.07, 6.45) is 4.52. The second kappa shape index (κ2) is 6.89. The molecular weight excluding hydrogens is 314 g/mol. The molecule has 6 heteroatoms. The minimum atomic E-state index is -0.464. The summed E-state index contributed by atoms with van der Waals surface area (Å²) in [6.45, 7) is 1.91. The Balaban J connectivity index is 1.61. The van der Waals surface area contributed by atoms with Crippen LogP contribution >= 0.6 is 11.6 Å². The number of fused-ring (bicyclic) bond motifs is 1. The predicted octanol–water partition coefficient (Wildman–Crippen LogP) is 2.38. The smallest absolute Gasteiger partial charge is 0.237 e. The van der Waals surface area contributed by atoms with Gasteiger partial charge in [-0.1, -0.05) is 30.5 Å². The Morgan fingerprint density at radius 2 is 2.04 bits per heavy atom. The Kier molecular flexibility index (Phi) is 4.87. The van der Waals surface area contributed by atoms with Gasteiger partial charge in [0, 0.05) is 22.8 Å². The van der Waals surface area contributed by atoms with Gasteiger partial charge < -0.3 is 16.0 Å². The van der Waals surface area contributed by atoms with Crippen molar-refractivity contribution in [3.05, 3.63) is 28.8 Å². The molecule has 0 radical (unpaired) electrons. The lowest BCUT2D eigenvalue weighted by Gasteiger charge is -2.40. The summed E-state index contributed by atoms with van der Waals surface area (Å²) in [5.74, 6) is -0.261. The van der Waals surface area contributed by atoms with Gasteiger partial charge in [0.15, 0.2) is 0 Å². The number of amides is 2. The molecule has 1 heterocycles. The molecule has 1 saturated heterocycles. The molecule has 1 aromatic carbocycles. The van der Waals surface area contributed by atoms with E-state index in [-0.39, 0.29) is 30.3 Å². The molecule has 3 atom stereocenters. The summed E-state index contributed by atoms with van der Waals surface area (Å²) in [6, 6.07) is 5.40. The molecule has 0 spiro atoms. The second-order valence-corrected chi connectivity index (χ2v) is 6.87. The van der Waals surface area contributed by atoms with Crippen molar-refractivity contribution >= 4 is 29.1 Å². The molecule has 0 unspecified atom stereocenters. The first kappa shape index (κ1) is 16.3. The highest BCUT2D eigenvalue weighted by Crippen LogP contribution is 2.23. The maximum Gasteiger partial charge on any atom is 0.237 e. The van der Waals surface area contributed by atoms with Crippen LogP contribution in [0.5, 0.6) is 0 Å². The first-order valence-corrected chi connectivity index (χ1v) is 8.53. The number of hydrogen-bond donors (Lipinski definition) is 3. The third kappa shape index (κ3) is 3.85. The monoisotopic (exact) mass is 335 g/mol. The van der Waals surface area contributed by atoms with Crippen LogP contribution in [-0.2, 0) is 9.59 Å². The molecule has 2 amide bonds. The summed E-state index contributed by atoms with van der Waals surface area (Å²) in [5, 5.41) is 9.83. The molecule has 23 heavy (non-hydrogen) atoms. The number of carbonyl (C=O) groups excluding carboxylic acids is 2. The van der Waals surface area contributed by atoms with Gasteiger partial charge in [-0.3, -0.25) is 9.59 Å². The Bertz CT molecular complexity index is 620. The molecule has 2 aliphatic rings. The van der Waals surface area contributed by atoms with Crippen molar-refractivity contribution in [1.82, 2.24) is 10.6 Å². The van der Waals surface area contributed by atoms with Gasteiger partial charge in [0.25, 0.3) is 0 Å². The largest absolute Gasteiger partial charge is 0.350 e. The van der Waals surface area contributed by atoms with Crippen LogP contribution in [0.25, 0.3) is 0 Å². The van der Waals surface area contributed by atoms with Crippen LogP contribution in [0.4, 0.5) is 5.69 Å². The summed E-state index contributed by atoms with van der Waals surface area (Å²) < 4.78 is 0. The zero-order valence-corrected chi connectivity index (χ0v) is 14.0. The topological polar surface area (TPSA) is 70.2 Å². The predicted molar refractivity (Wildman–Crippen MR) is 90.5 cm³/mol. The lowest BCUT2D eigenvalue weighted by Crippen LogP contribution is -2.65. The van der Waals surface area contributed by atoms with Crippen LogP contribution in [0, 0.1) is 6.92 Å². The van der Waals surface area contributed by atoms with Crippen molar-refractivity contribution in [3.63, 3.8) is 0 Å². The number of hydrogen-bond acceptors (Lipinski definition) is 3. The van der Waals surface area contributed by atoms with Crippen LogP contribution in [0.1, 0.15) is 37.7 Å². The minimum Gasteiger partial charge on any atom is -0.350 e. The van der Waals surface area contributed by atoms with E-state index in [2.05, 4.69) is 16.0 Å². The van der Waals surface area contributed by atoms with E-state index in [0.29, 0.717) is 10.7 Å². The zero-order chi connectivity index (χ0) is 16.4. The number of aryl methyl sites for hydroxylation is 1. The van der Waals surface area contributed by atoms with E-state index in [1.807, 2.05) is 13.0 Å². The lowest BCUT2D eigenvalue weighted by molar-refractivity contribution is -0.129. The van der Waals surface area contributed by atoms with E-state index in [1.165, 1.54) is 6.42 Å². The standard InChI is InChI=1S/C17H22ClN3O2/c1-10-6-7-11(18)8-14(10)20-16(22)9-15-17(23)21-13-5-3-2-4-12(13)19-15/h6-8,12-13,15,19H,2-5,9H2,1H3,(H,20,22)(H,21,23)/t12-,13+,15+/m0/s1. The van der Waals surface area contributed by atoms with Gasteiger partial charge in [-0.05, 0) is 37.5 Å². The van der Waals surface area contributed by atoms with Gasteiger partial charge in [0.2, 0.25) is 11.8 Å². The van der Waals surface area contributed by atoms with E-state index in [0.717, 1.165) is 24.8 Å². The Morgan fingerprint density at radius 1 is 1.30 bits per heavy atom. The van der Waals surface area contributed by atoms with E-state index >= 15 is 0 Å². The Hall–Kier alpha value is -1.59. The average Bonchev–Trinajstić information content (AvgIpc) is 2.51. The van der Waals surface area contributed by atoms with Crippen LogP contribution < -0.4 is 16.0 Å². The van der Waals surface area contributed by atoms with Gasteiger partial charge in [0.05, 0.1) is 12.5 Å². The summed E-state index contributed by atoms with van der Waals surface area (Å²) in [5.41, 5.74) is 1.63. The Morgan fingerprint density at radius 3 is 2.83 bits per heavy atom. The molecule has 3 N–H and O–H groups in total. The fourth-order valence-corrected chi connectivity index (χ4v) is 3.56. The minimum absolute atomic E-state index is 0.0777. The van der Waals surface area contributed by atoms with E-state index in [4.69, 9.17) is 11.6 Å². The molecule has 124 valence electrons. The SMILES string of the molecule is Cc1ccc(Cl)cc1NC(=O)C[C@H]1N[C@H]2CCCC[C@H]2NC1=O. The molecule has 0 bridgehead atoms. The highest BCUT2D eigenvalue weighted by Gasteiger charge is 2.36. The summed E-state index contributed by atoms with van der Waals surface area (Å²) in [7, 11) is 0. The third-order valence-electron chi connectivity index (χ3n) is 4.69. The van der Waals surface area contributed by atoms with Gasteiger partial charge in [-0.25, -0.2) is 0 Å². The first-order valence-electron chi connectivity index (χ1n) is 8.15. The van der Waals surface area contributed by atoms with Crippen molar-refractivity contribution in [1.29, 1.82) is 0 Å². The molecule has 3 rings (SSSR count). The number of piperazine rings is 1. The fourth-order valence-electron chi connectivity index (χ4n) is 3.39. The molecule has 0 aromatic heterocycles. The van der Waals surface area contributed by atoms with Crippen LogP contribution in [0.2, 0.25) is 5.02 Å². The molecule has 1 aliphatic heterocycles. The summed E-state index contributed by atoms with van der Waals surface area (Å²) in [4.78, 5) is 24.5. The van der Waals surface area contributed by atoms with Crippen molar-refractivity contribution in [2.75, 3.05) is 5.32 Å². The van der Waals surface area contributed by atoms with E-state index in [9.17, 15) is 9.59 Å². The van der Waals surface area contributed by atoms with Crippen molar-refractivity contribution in [2.45, 2.75) is 57.2 Å². The van der Waals surface area contributed by atoms with Gasteiger partial charge in [-0.2, -0.15) is 0 Å². The second-order valence-electron chi connectivity index (χ2n) is 6.44. The molecule has 1 saturated carbocycles. The quantitative estimate of drug-likeness (QED) is 0.794.